The first-order valence-electron chi connectivity index (χ1n) is 15.6. The summed E-state index contributed by atoms with van der Waals surface area (Å²) in [6.07, 6.45) is 3.63. The lowest BCUT2D eigenvalue weighted by molar-refractivity contribution is -0.452. The number of carbonyl (C=O) groups excluding carboxylic acids is 1. The van der Waals surface area contributed by atoms with Crippen LogP contribution in [0.4, 0.5) is 5.69 Å². The fourth-order valence-electron chi connectivity index (χ4n) is 7.22. The molecule has 0 atom stereocenters. The Balaban J connectivity index is 1.21. The second-order valence-corrected chi connectivity index (χ2v) is 12.0. The Hall–Kier alpha value is -6.00. The molecule has 4 nitrogen and oxygen atoms in total. The molecule has 0 saturated carbocycles. The first-order valence-corrected chi connectivity index (χ1v) is 15.6. The summed E-state index contributed by atoms with van der Waals surface area (Å²) in [4.78, 5) is 13.9. The Bertz CT molecular complexity index is 2520. The van der Waals surface area contributed by atoms with Crippen LogP contribution in [0.2, 0.25) is 0 Å². The zero-order valence-corrected chi connectivity index (χ0v) is 25.0. The van der Waals surface area contributed by atoms with Crippen LogP contribution in [0.25, 0.3) is 38.5 Å². The van der Waals surface area contributed by atoms with Crippen molar-refractivity contribution in [3.05, 3.63) is 178 Å². The van der Waals surface area contributed by atoms with Gasteiger partial charge in [0.25, 0.3) is 0 Å². The lowest BCUT2D eigenvalue weighted by Crippen LogP contribution is -2.32. The van der Waals surface area contributed by atoms with E-state index >= 15 is 0 Å². The SMILES string of the molecule is O=C1C(/C=c2\c3cccc4cccc(c43)n2Cc2ccccc2)=C([O-])C/1=C\C1=[N+](Cc2ccccc2)c2cccc3cccc1c23. The van der Waals surface area contributed by atoms with Crippen LogP contribution >= 0.6 is 0 Å². The number of hydrogen-bond acceptors (Lipinski definition) is 2. The summed E-state index contributed by atoms with van der Waals surface area (Å²) in [7, 11) is 0. The molecule has 0 saturated heterocycles. The molecular weight excluding hydrogens is 564 g/mol. The molecule has 0 N–H and O–H groups in total. The van der Waals surface area contributed by atoms with E-state index in [2.05, 4.69) is 94.1 Å². The Morgan fingerprint density at radius 3 is 2.04 bits per heavy atom. The Morgan fingerprint density at radius 1 is 0.652 bits per heavy atom. The maximum absolute atomic E-state index is 13.9. The van der Waals surface area contributed by atoms with Gasteiger partial charge < -0.3 is 9.67 Å². The highest BCUT2D eigenvalue weighted by Crippen LogP contribution is 2.38. The number of aromatic nitrogens is 1. The average molecular weight is 593 g/mol. The largest absolute Gasteiger partial charge is 0.871 e. The molecule has 0 radical (unpaired) electrons. The number of nitrogens with zero attached hydrogens (tertiary/aromatic N) is 2. The third-order valence-electron chi connectivity index (χ3n) is 9.39. The predicted molar refractivity (Wildman–Crippen MR) is 183 cm³/mol. The average Bonchev–Trinajstić information content (AvgIpc) is 3.56. The molecule has 9 rings (SSSR count). The van der Waals surface area contributed by atoms with E-state index in [0.29, 0.717) is 13.1 Å². The van der Waals surface area contributed by atoms with Crippen LogP contribution in [0, 0.1) is 0 Å². The highest BCUT2D eigenvalue weighted by atomic mass is 16.3. The topological polar surface area (TPSA) is 48.1 Å². The van der Waals surface area contributed by atoms with Gasteiger partial charge in [-0.3, -0.25) is 4.79 Å². The number of Topliss-reactive ketones (excluding diaryl/α,β-unsaturated/α-hetero) is 1. The molecule has 0 fully saturated rings. The molecule has 2 aliphatic rings. The van der Waals surface area contributed by atoms with Crippen molar-refractivity contribution in [1.82, 2.24) is 4.57 Å². The zero-order valence-electron chi connectivity index (χ0n) is 25.0. The summed E-state index contributed by atoms with van der Waals surface area (Å²) in [5, 5.41) is 20.4. The van der Waals surface area contributed by atoms with E-state index in [1.54, 1.807) is 0 Å². The number of allylic oxidation sites excluding steroid dienone is 3. The van der Waals surface area contributed by atoms with Gasteiger partial charge in [0, 0.05) is 46.2 Å². The predicted octanol–water partition coefficient (Wildman–Crippen LogP) is 6.97. The molecule has 46 heavy (non-hydrogen) atoms. The minimum Gasteiger partial charge on any atom is -0.871 e. The Labute approximate surface area is 265 Å². The molecule has 218 valence electrons. The fraction of sp³-hybridized carbons (Fsp3) is 0.0476. The molecule has 0 unspecified atom stereocenters. The lowest BCUT2D eigenvalue weighted by Gasteiger charge is -2.28. The van der Waals surface area contributed by atoms with E-state index in [1.807, 2.05) is 60.7 Å². The third kappa shape index (κ3) is 4.00. The van der Waals surface area contributed by atoms with Gasteiger partial charge >= 0.3 is 0 Å². The number of rotatable bonds is 6. The van der Waals surface area contributed by atoms with Gasteiger partial charge in [-0.15, -0.1) is 0 Å². The summed E-state index contributed by atoms with van der Waals surface area (Å²) in [5.74, 6) is -0.425. The van der Waals surface area contributed by atoms with Crippen molar-refractivity contribution in [1.29, 1.82) is 0 Å². The van der Waals surface area contributed by atoms with Crippen LogP contribution in [0.5, 0.6) is 0 Å². The standard InChI is InChI=1S/C42H28N2O2/c45-41-33(23-37-31-19-7-15-29-17-9-21-35(39(29)31)43(37)25-27-11-3-1-4-12-27)42(46)34(41)24-38-32-20-8-16-30-18-10-22-36(40(30)32)44(38)26-28-13-5-2-6-14-28/h1-24H,25-26H2. The van der Waals surface area contributed by atoms with Crippen molar-refractivity contribution in [2.45, 2.75) is 13.1 Å². The molecule has 0 bridgehead atoms. The van der Waals surface area contributed by atoms with Crippen LogP contribution in [0.15, 0.2) is 156 Å². The van der Waals surface area contributed by atoms with Crippen LogP contribution in [-0.2, 0) is 17.9 Å². The van der Waals surface area contributed by atoms with Crippen LogP contribution in [0.3, 0.4) is 0 Å². The van der Waals surface area contributed by atoms with Crippen molar-refractivity contribution in [2.75, 3.05) is 0 Å². The van der Waals surface area contributed by atoms with Gasteiger partial charge in [-0.25, -0.2) is 0 Å². The highest BCUT2D eigenvalue weighted by Gasteiger charge is 2.34. The summed E-state index contributed by atoms with van der Waals surface area (Å²) < 4.78 is 4.46. The summed E-state index contributed by atoms with van der Waals surface area (Å²) >= 11 is 0. The van der Waals surface area contributed by atoms with E-state index in [4.69, 9.17) is 0 Å². The smallest absolute Gasteiger partial charge is 0.214 e. The molecule has 2 heterocycles. The molecule has 7 aromatic rings. The normalized spacial score (nSPS) is 15.7. The first kappa shape index (κ1) is 26.4. The molecule has 0 spiro atoms. The third-order valence-corrected chi connectivity index (χ3v) is 9.39. The van der Waals surface area contributed by atoms with Gasteiger partial charge in [-0.1, -0.05) is 121 Å². The van der Waals surface area contributed by atoms with E-state index in [-0.39, 0.29) is 22.7 Å². The second kappa shape index (κ2) is 10.3. The summed E-state index contributed by atoms with van der Waals surface area (Å²) in [6.45, 7) is 1.26. The van der Waals surface area contributed by atoms with Crippen LogP contribution in [0.1, 0.15) is 16.7 Å². The number of benzene rings is 6. The van der Waals surface area contributed by atoms with Gasteiger partial charge in [0.15, 0.2) is 12.3 Å². The van der Waals surface area contributed by atoms with Crippen molar-refractivity contribution in [3.63, 3.8) is 0 Å². The summed E-state index contributed by atoms with van der Waals surface area (Å²) in [5.41, 5.74) is 6.85. The Kier molecular flexibility index (Phi) is 5.90. The Morgan fingerprint density at radius 2 is 1.30 bits per heavy atom. The van der Waals surface area contributed by atoms with Gasteiger partial charge in [0.05, 0.1) is 21.8 Å². The molecule has 0 amide bonds. The summed E-state index contributed by atoms with van der Waals surface area (Å²) in [6, 6.07) is 45.6. The maximum atomic E-state index is 13.9. The van der Waals surface area contributed by atoms with Crippen molar-refractivity contribution in [3.8, 4) is 0 Å². The molecular formula is C42H28N2O2. The second-order valence-electron chi connectivity index (χ2n) is 12.0. The molecule has 6 aromatic carbocycles. The molecule has 1 aliphatic carbocycles. The number of carbonyl (C=O) groups is 1. The fourth-order valence-corrected chi connectivity index (χ4v) is 7.22. The van der Waals surface area contributed by atoms with Crippen molar-refractivity contribution >= 4 is 55.7 Å². The van der Waals surface area contributed by atoms with Crippen molar-refractivity contribution < 1.29 is 14.5 Å². The first-order chi connectivity index (χ1) is 22.7. The van der Waals surface area contributed by atoms with Crippen LogP contribution in [-0.4, -0.2) is 20.6 Å². The van der Waals surface area contributed by atoms with Gasteiger partial charge in [-0.2, -0.15) is 4.58 Å². The van der Waals surface area contributed by atoms with E-state index < -0.39 is 0 Å². The van der Waals surface area contributed by atoms with Gasteiger partial charge in [0.2, 0.25) is 11.4 Å². The van der Waals surface area contributed by atoms with Crippen molar-refractivity contribution in [2.24, 2.45) is 0 Å². The number of ketones is 1. The number of hydrogen-bond donors (Lipinski definition) is 0. The minimum absolute atomic E-state index is 0.212. The molecule has 1 aliphatic heterocycles. The monoisotopic (exact) mass is 592 g/mol. The minimum atomic E-state index is -0.212. The van der Waals surface area contributed by atoms with E-state index in [0.717, 1.165) is 65.9 Å². The highest BCUT2D eigenvalue weighted by molar-refractivity contribution is 6.29. The van der Waals surface area contributed by atoms with E-state index in [1.165, 1.54) is 0 Å². The zero-order chi connectivity index (χ0) is 30.8. The van der Waals surface area contributed by atoms with Gasteiger partial charge in [-0.05, 0) is 34.5 Å². The lowest BCUT2D eigenvalue weighted by atomic mass is 9.86. The molecule has 1 aromatic heterocycles. The van der Waals surface area contributed by atoms with Crippen LogP contribution < -0.4 is 10.5 Å². The quantitative estimate of drug-likeness (QED) is 0.155. The van der Waals surface area contributed by atoms with E-state index in [9.17, 15) is 9.90 Å². The van der Waals surface area contributed by atoms with Gasteiger partial charge in [0.1, 0.15) is 0 Å². The maximum Gasteiger partial charge on any atom is 0.214 e. The molecule has 4 heteroatoms.